The largest absolute Gasteiger partial charge is 0.573 e. The molecule has 0 saturated heterocycles. The lowest BCUT2D eigenvalue weighted by atomic mass is 10.3. The molecule has 2 amide bonds. The Hall–Kier alpha value is -3.89. The number of para-hydroxylation sites is 2. The fourth-order valence-electron chi connectivity index (χ4n) is 3.17. The van der Waals surface area contributed by atoms with Gasteiger partial charge in [-0.1, -0.05) is 35.3 Å². The number of ether oxygens (including phenoxy) is 2. The maximum absolute atomic E-state index is 12.5. The van der Waals surface area contributed by atoms with Gasteiger partial charge in [-0.15, -0.1) is 13.2 Å². The molecule has 3 aromatic carbocycles. The second-order valence-corrected chi connectivity index (χ2v) is 8.22. The van der Waals surface area contributed by atoms with Crippen LogP contribution in [-0.2, 0) is 0 Å². The minimum Gasteiger partial charge on any atom is -0.437 e. The highest BCUT2D eigenvalue weighted by molar-refractivity contribution is 6.35. The number of urea groups is 1. The Morgan fingerprint density at radius 3 is 2.39 bits per heavy atom. The minimum atomic E-state index is -4.80. The summed E-state index contributed by atoms with van der Waals surface area (Å²) in [5, 5.41) is 10.5. The molecule has 12 heteroatoms. The minimum absolute atomic E-state index is 0.256. The van der Waals surface area contributed by atoms with Crippen LogP contribution in [0.2, 0.25) is 10.0 Å². The molecule has 0 aliphatic heterocycles. The summed E-state index contributed by atoms with van der Waals surface area (Å²) in [5.41, 5.74) is 1.80. The molecule has 0 aliphatic carbocycles. The number of amides is 2. The summed E-state index contributed by atoms with van der Waals surface area (Å²) in [6, 6.07) is 17.4. The van der Waals surface area contributed by atoms with Crippen LogP contribution < -0.4 is 20.1 Å². The van der Waals surface area contributed by atoms with Crippen LogP contribution in [0, 0.1) is 6.92 Å². The van der Waals surface area contributed by atoms with Gasteiger partial charge in [0.1, 0.15) is 5.75 Å². The van der Waals surface area contributed by atoms with Gasteiger partial charge in [0.25, 0.3) is 0 Å². The summed E-state index contributed by atoms with van der Waals surface area (Å²) >= 11 is 12.3. The number of carbonyl (C=O) groups is 1. The van der Waals surface area contributed by atoms with Gasteiger partial charge in [0.15, 0.2) is 5.75 Å². The molecule has 0 unspecified atom stereocenters. The topological polar surface area (TPSA) is 77.4 Å². The second kappa shape index (κ2) is 10.4. The maximum atomic E-state index is 12.5. The van der Waals surface area contributed by atoms with Gasteiger partial charge >= 0.3 is 12.4 Å². The molecule has 0 spiro atoms. The Balaban J connectivity index is 1.50. The van der Waals surface area contributed by atoms with Crippen molar-refractivity contribution in [2.45, 2.75) is 13.3 Å². The van der Waals surface area contributed by atoms with Crippen LogP contribution in [-0.4, -0.2) is 22.2 Å². The average molecular weight is 537 g/mol. The zero-order chi connectivity index (χ0) is 25.9. The molecule has 2 N–H and O–H groups in total. The first-order valence-corrected chi connectivity index (χ1v) is 11.1. The van der Waals surface area contributed by atoms with E-state index in [4.69, 9.17) is 27.9 Å². The van der Waals surface area contributed by atoms with E-state index in [2.05, 4.69) is 20.5 Å². The number of anilines is 2. The number of benzene rings is 3. The van der Waals surface area contributed by atoms with Crippen molar-refractivity contribution in [3.63, 3.8) is 0 Å². The smallest absolute Gasteiger partial charge is 0.437 e. The number of alkyl halides is 3. The van der Waals surface area contributed by atoms with Crippen LogP contribution in [0.3, 0.4) is 0 Å². The van der Waals surface area contributed by atoms with Gasteiger partial charge in [0, 0.05) is 16.8 Å². The van der Waals surface area contributed by atoms with Crippen LogP contribution in [0.25, 0.3) is 5.69 Å². The number of rotatable bonds is 6. The summed E-state index contributed by atoms with van der Waals surface area (Å²) < 4.78 is 48.3. The van der Waals surface area contributed by atoms with E-state index in [-0.39, 0.29) is 5.69 Å². The summed E-state index contributed by atoms with van der Waals surface area (Å²) in [6.45, 7) is 1.79. The maximum Gasteiger partial charge on any atom is 0.573 e. The van der Waals surface area contributed by atoms with Crippen molar-refractivity contribution in [3.05, 3.63) is 88.5 Å². The fraction of sp³-hybridized carbons (Fsp3) is 0.0833. The van der Waals surface area contributed by atoms with E-state index in [0.29, 0.717) is 38.7 Å². The molecule has 0 radical (unpaired) electrons. The van der Waals surface area contributed by atoms with Crippen LogP contribution >= 0.6 is 23.2 Å². The van der Waals surface area contributed by atoms with Gasteiger partial charge < -0.3 is 20.1 Å². The van der Waals surface area contributed by atoms with Crippen molar-refractivity contribution >= 4 is 40.6 Å². The highest BCUT2D eigenvalue weighted by Gasteiger charge is 2.31. The number of aryl methyl sites for hydroxylation is 1. The lowest BCUT2D eigenvalue weighted by molar-refractivity contribution is -0.274. The van der Waals surface area contributed by atoms with Crippen molar-refractivity contribution in [1.82, 2.24) is 9.78 Å². The van der Waals surface area contributed by atoms with Crippen LogP contribution in [0.4, 0.5) is 29.3 Å². The van der Waals surface area contributed by atoms with Gasteiger partial charge in [-0.25, -0.2) is 4.79 Å². The zero-order valence-electron chi connectivity index (χ0n) is 18.4. The number of nitrogens with zero attached hydrogens (tertiary/aromatic N) is 2. The summed E-state index contributed by atoms with van der Waals surface area (Å²) in [6.07, 6.45) is -4.80. The lowest BCUT2D eigenvalue weighted by Crippen LogP contribution is -2.20. The molecule has 36 heavy (non-hydrogen) atoms. The Labute approximate surface area is 213 Å². The van der Waals surface area contributed by atoms with E-state index in [1.54, 1.807) is 55.5 Å². The van der Waals surface area contributed by atoms with Crippen molar-refractivity contribution in [3.8, 4) is 23.1 Å². The number of hydrogen-bond donors (Lipinski definition) is 2. The molecule has 1 aromatic heterocycles. The first-order valence-electron chi connectivity index (χ1n) is 10.3. The molecule has 1 heterocycles. The Bertz CT molecular complexity index is 1390. The zero-order valence-corrected chi connectivity index (χ0v) is 19.9. The van der Waals surface area contributed by atoms with E-state index < -0.39 is 18.1 Å². The standard InChI is InChI=1S/C24H17Cl2F3N4O3/c1-14-12-22(33(32-14)20-11-6-15(25)13-18(20)26)35-21-5-3-2-4-19(21)31-23(34)30-16-7-9-17(10-8-16)36-24(27,28)29/h2-13H,1H3,(H2,30,31,34). The van der Waals surface area contributed by atoms with Gasteiger partial charge in [-0.05, 0) is 61.5 Å². The first kappa shape index (κ1) is 25.2. The van der Waals surface area contributed by atoms with Gasteiger partial charge in [0.05, 0.1) is 22.1 Å². The quantitative estimate of drug-likeness (QED) is 0.263. The monoisotopic (exact) mass is 536 g/mol. The molecular formula is C24H17Cl2F3N4O3. The van der Waals surface area contributed by atoms with E-state index >= 15 is 0 Å². The Morgan fingerprint density at radius 1 is 0.972 bits per heavy atom. The van der Waals surface area contributed by atoms with Crippen LogP contribution in [0.1, 0.15) is 5.69 Å². The Kier molecular flexibility index (Phi) is 7.27. The molecule has 4 aromatic rings. The van der Waals surface area contributed by atoms with Gasteiger partial charge in [-0.3, -0.25) is 0 Å². The van der Waals surface area contributed by atoms with Gasteiger partial charge in [-0.2, -0.15) is 9.78 Å². The van der Waals surface area contributed by atoms with Crippen molar-refractivity contribution in [2.24, 2.45) is 0 Å². The SMILES string of the molecule is Cc1cc(Oc2ccccc2NC(=O)Nc2ccc(OC(F)(F)F)cc2)n(-c2ccc(Cl)cc2Cl)n1. The molecule has 0 aliphatic rings. The number of carbonyl (C=O) groups excluding carboxylic acids is 1. The molecule has 0 bridgehead atoms. The summed E-state index contributed by atoms with van der Waals surface area (Å²) in [5.74, 6) is 0.249. The highest BCUT2D eigenvalue weighted by atomic mass is 35.5. The van der Waals surface area contributed by atoms with E-state index in [9.17, 15) is 18.0 Å². The molecule has 186 valence electrons. The number of halogens is 5. The second-order valence-electron chi connectivity index (χ2n) is 7.38. The predicted molar refractivity (Wildman–Crippen MR) is 131 cm³/mol. The predicted octanol–water partition coefficient (Wildman–Crippen LogP) is 7.82. The van der Waals surface area contributed by atoms with Crippen molar-refractivity contribution < 1.29 is 27.4 Å². The molecular weight excluding hydrogens is 520 g/mol. The van der Waals surface area contributed by atoms with E-state index in [1.807, 2.05) is 0 Å². The molecule has 0 fully saturated rings. The number of aromatic nitrogens is 2. The van der Waals surface area contributed by atoms with Crippen molar-refractivity contribution in [1.29, 1.82) is 0 Å². The third-order valence-corrected chi connectivity index (χ3v) is 5.17. The molecule has 4 rings (SSSR count). The third-order valence-electron chi connectivity index (χ3n) is 4.63. The molecule has 7 nitrogen and oxygen atoms in total. The highest BCUT2D eigenvalue weighted by Crippen LogP contribution is 2.33. The lowest BCUT2D eigenvalue weighted by Gasteiger charge is -2.14. The van der Waals surface area contributed by atoms with Crippen molar-refractivity contribution in [2.75, 3.05) is 10.6 Å². The van der Waals surface area contributed by atoms with E-state index in [0.717, 1.165) is 12.1 Å². The summed E-state index contributed by atoms with van der Waals surface area (Å²) in [4.78, 5) is 12.5. The molecule has 0 atom stereocenters. The first-order chi connectivity index (χ1) is 17.1. The van der Waals surface area contributed by atoms with E-state index in [1.165, 1.54) is 16.8 Å². The summed E-state index contributed by atoms with van der Waals surface area (Å²) in [7, 11) is 0. The average Bonchev–Trinajstić information content (AvgIpc) is 3.15. The van der Waals surface area contributed by atoms with Crippen LogP contribution in [0.5, 0.6) is 17.4 Å². The molecule has 0 saturated carbocycles. The Morgan fingerprint density at radius 2 is 1.69 bits per heavy atom. The third kappa shape index (κ3) is 6.41. The van der Waals surface area contributed by atoms with Gasteiger partial charge in [0.2, 0.25) is 5.88 Å². The fourth-order valence-corrected chi connectivity index (χ4v) is 3.66. The normalized spacial score (nSPS) is 11.2. The van der Waals surface area contributed by atoms with Crippen LogP contribution in [0.15, 0.2) is 72.8 Å². The number of nitrogens with one attached hydrogen (secondary N) is 2. The number of hydrogen-bond acceptors (Lipinski definition) is 4.